The lowest BCUT2D eigenvalue weighted by atomic mass is 10.2. The van der Waals surface area contributed by atoms with Crippen molar-refractivity contribution in [2.75, 3.05) is 5.75 Å². The average molecular weight is 440 g/mol. The molecule has 1 N–H and O–H groups in total. The lowest BCUT2D eigenvalue weighted by molar-refractivity contribution is -0.118. The Bertz CT molecular complexity index is 1220. The van der Waals surface area contributed by atoms with Gasteiger partial charge in [0.1, 0.15) is 10.5 Å². The van der Waals surface area contributed by atoms with Gasteiger partial charge >= 0.3 is 0 Å². The molecule has 0 saturated carbocycles. The molecular formula is C22H18FN3O2S2. The maximum atomic E-state index is 13.0. The second-order valence-corrected chi connectivity index (χ2v) is 8.46. The number of carbonyl (C=O) groups excluding carboxylic acids is 1. The first-order chi connectivity index (χ1) is 14.6. The minimum Gasteiger partial charge on any atom is -0.351 e. The molecule has 4 aromatic rings. The summed E-state index contributed by atoms with van der Waals surface area (Å²) in [5.74, 6) is -0.375. The van der Waals surface area contributed by atoms with Gasteiger partial charge in [0, 0.05) is 6.54 Å². The first kappa shape index (κ1) is 20.3. The quantitative estimate of drug-likeness (QED) is 0.349. The number of nitrogens with one attached hydrogen (secondary N) is 1. The normalized spacial score (nSPS) is 11.0. The largest absolute Gasteiger partial charge is 0.351 e. The molecule has 2 aromatic carbocycles. The van der Waals surface area contributed by atoms with E-state index in [-0.39, 0.29) is 23.0 Å². The van der Waals surface area contributed by atoms with Gasteiger partial charge in [-0.1, -0.05) is 54.2 Å². The number of benzene rings is 2. The van der Waals surface area contributed by atoms with Crippen LogP contribution in [0.5, 0.6) is 0 Å². The zero-order valence-corrected chi connectivity index (χ0v) is 17.5. The van der Waals surface area contributed by atoms with Gasteiger partial charge in [-0.3, -0.25) is 14.2 Å². The fourth-order valence-corrected chi connectivity index (χ4v) is 4.53. The van der Waals surface area contributed by atoms with Crippen molar-refractivity contribution in [2.45, 2.75) is 18.2 Å². The molecule has 5 nitrogen and oxygen atoms in total. The molecule has 30 heavy (non-hydrogen) atoms. The third kappa shape index (κ3) is 4.77. The third-order valence-corrected chi connectivity index (χ3v) is 6.32. The molecule has 2 aromatic heterocycles. The molecule has 0 atom stereocenters. The Kier molecular flexibility index (Phi) is 6.25. The van der Waals surface area contributed by atoms with E-state index in [9.17, 15) is 14.0 Å². The molecular weight excluding hydrogens is 421 g/mol. The van der Waals surface area contributed by atoms with E-state index < -0.39 is 0 Å². The topological polar surface area (TPSA) is 64.0 Å². The highest BCUT2D eigenvalue weighted by atomic mass is 32.2. The van der Waals surface area contributed by atoms with Crippen molar-refractivity contribution in [3.05, 3.63) is 93.3 Å². The van der Waals surface area contributed by atoms with E-state index in [4.69, 9.17) is 0 Å². The smallest absolute Gasteiger partial charge is 0.272 e. The van der Waals surface area contributed by atoms with Crippen molar-refractivity contribution in [3.8, 4) is 0 Å². The molecule has 2 heterocycles. The SMILES string of the molecule is O=C(CSc1nc2ccsc2c(=O)n1Cc1ccccc1)NCc1ccc(F)cc1. The van der Waals surface area contributed by atoms with Gasteiger partial charge in [0.2, 0.25) is 5.91 Å². The highest BCUT2D eigenvalue weighted by molar-refractivity contribution is 7.99. The van der Waals surface area contributed by atoms with Gasteiger partial charge in [-0.15, -0.1) is 11.3 Å². The number of aromatic nitrogens is 2. The number of hydrogen-bond acceptors (Lipinski definition) is 5. The predicted octanol–water partition coefficient (Wildman–Crippen LogP) is 4.05. The minimum atomic E-state index is -0.313. The molecule has 0 fully saturated rings. The van der Waals surface area contributed by atoms with E-state index in [1.54, 1.807) is 16.7 Å². The van der Waals surface area contributed by atoms with Crippen LogP contribution >= 0.6 is 23.1 Å². The van der Waals surface area contributed by atoms with E-state index in [0.717, 1.165) is 11.1 Å². The van der Waals surface area contributed by atoms with Gasteiger partial charge in [-0.2, -0.15) is 0 Å². The lowest BCUT2D eigenvalue weighted by Gasteiger charge is -2.12. The molecule has 0 saturated heterocycles. The summed E-state index contributed by atoms with van der Waals surface area (Å²) < 4.78 is 15.2. The monoisotopic (exact) mass is 439 g/mol. The number of thiophene rings is 1. The molecule has 0 aliphatic heterocycles. The Balaban J connectivity index is 1.49. The van der Waals surface area contributed by atoms with Gasteiger partial charge in [-0.25, -0.2) is 9.37 Å². The fraction of sp³-hybridized carbons (Fsp3) is 0.136. The molecule has 0 aliphatic carbocycles. The number of halogens is 1. The molecule has 0 unspecified atom stereocenters. The molecule has 0 spiro atoms. The number of amides is 1. The molecule has 0 radical (unpaired) electrons. The van der Waals surface area contributed by atoms with Crippen molar-refractivity contribution in [1.82, 2.24) is 14.9 Å². The van der Waals surface area contributed by atoms with Crippen molar-refractivity contribution in [3.63, 3.8) is 0 Å². The van der Waals surface area contributed by atoms with E-state index >= 15 is 0 Å². The molecule has 0 bridgehead atoms. The summed E-state index contributed by atoms with van der Waals surface area (Å²) in [5, 5.41) is 5.16. The summed E-state index contributed by atoms with van der Waals surface area (Å²) in [6, 6.07) is 17.5. The van der Waals surface area contributed by atoms with Crippen LogP contribution in [0.1, 0.15) is 11.1 Å². The van der Waals surface area contributed by atoms with Crippen LogP contribution in [-0.4, -0.2) is 21.2 Å². The molecule has 4 rings (SSSR count). The Morgan fingerprint density at radius 2 is 1.83 bits per heavy atom. The maximum Gasteiger partial charge on any atom is 0.272 e. The number of fused-ring (bicyclic) bond motifs is 1. The van der Waals surface area contributed by atoms with Crippen LogP contribution in [0.4, 0.5) is 4.39 Å². The first-order valence-corrected chi connectivity index (χ1v) is 11.1. The van der Waals surface area contributed by atoms with Gasteiger partial charge in [0.25, 0.3) is 5.56 Å². The zero-order chi connectivity index (χ0) is 20.9. The van der Waals surface area contributed by atoms with Crippen molar-refractivity contribution in [1.29, 1.82) is 0 Å². The second-order valence-electron chi connectivity index (χ2n) is 6.60. The highest BCUT2D eigenvalue weighted by Crippen LogP contribution is 2.21. The van der Waals surface area contributed by atoms with Crippen LogP contribution in [0.25, 0.3) is 10.2 Å². The summed E-state index contributed by atoms with van der Waals surface area (Å²) in [7, 11) is 0. The predicted molar refractivity (Wildman–Crippen MR) is 118 cm³/mol. The summed E-state index contributed by atoms with van der Waals surface area (Å²) in [6.07, 6.45) is 0. The fourth-order valence-electron chi connectivity index (χ4n) is 2.92. The minimum absolute atomic E-state index is 0.104. The third-order valence-electron chi connectivity index (χ3n) is 4.45. The number of nitrogens with zero attached hydrogens (tertiary/aromatic N) is 2. The maximum absolute atomic E-state index is 13.0. The first-order valence-electron chi connectivity index (χ1n) is 9.26. The number of rotatable bonds is 7. The van der Waals surface area contributed by atoms with Crippen LogP contribution in [0, 0.1) is 5.82 Å². The van der Waals surface area contributed by atoms with Crippen LogP contribution in [0.3, 0.4) is 0 Å². The molecule has 1 amide bonds. The van der Waals surface area contributed by atoms with Crippen LogP contribution in [0.2, 0.25) is 0 Å². The molecule has 152 valence electrons. The van der Waals surface area contributed by atoms with Crippen molar-refractivity contribution in [2.24, 2.45) is 0 Å². The highest BCUT2D eigenvalue weighted by Gasteiger charge is 2.14. The number of thioether (sulfide) groups is 1. The summed E-state index contributed by atoms with van der Waals surface area (Å²) in [4.78, 5) is 29.9. The second kappa shape index (κ2) is 9.23. The Morgan fingerprint density at radius 1 is 1.07 bits per heavy atom. The zero-order valence-electron chi connectivity index (χ0n) is 15.9. The van der Waals surface area contributed by atoms with E-state index in [2.05, 4.69) is 10.3 Å². The average Bonchev–Trinajstić information content (AvgIpc) is 3.24. The summed E-state index contributed by atoms with van der Waals surface area (Å²) in [6.45, 7) is 0.702. The van der Waals surface area contributed by atoms with E-state index in [0.29, 0.717) is 28.5 Å². The standard InChI is InChI=1S/C22H18FN3O2S2/c23-17-8-6-15(7-9-17)12-24-19(27)14-30-22-25-18-10-11-29-20(18)21(28)26(22)13-16-4-2-1-3-5-16/h1-11H,12-14H2,(H,24,27). The lowest BCUT2D eigenvalue weighted by Crippen LogP contribution is -2.26. The Morgan fingerprint density at radius 3 is 2.60 bits per heavy atom. The Hall–Kier alpha value is -2.97. The summed E-state index contributed by atoms with van der Waals surface area (Å²) in [5.41, 5.74) is 2.34. The van der Waals surface area contributed by atoms with Crippen molar-refractivity contribution >= 4 is 39.2 Å². The van der Waals surface area contributed by atoms with Gasteiger partial charge < -0.3 is 5.32 Å². The number of hydrogen-bond donors (Lipinski definition) is 1. The molecule has 0 aliphatic rings. The van der Waals surface area contributed by atoms with Crippen LogP contribution < -0.4 is 10.9 Å². The van der Waals surface area contributed by atoms with Gasteiger partial charge in [-0.05, 0) is 34.7 Å². The van der Waals surface area contributed by atoms with Crippen LogP contribution in [0.15, 0.2) is 76.0 Å². The van der Waals surface area contributed by atoms with E-state index in [1.165, 1.54) is 35.2 Å². The summed E-state index contributed by atoms with van der Waals surface area (Å²) >= 11 is 2.60. The van der Waals surface area contributed by atoms with Crippen LogP contribution in [-0.2, 0) is 17.9 Å². The van der Waals surface area contributed by atoms with Crippen molar-refractivity contribution < 1.29 is 9.18 Å². The van der Waals surface area contributed by atoms with Gasteiger partial charge in [0.15, 0.2) is 5.16 Å². The number of carbonyl (C=O) groups is 1. The van der Waals surface area contributed by atoms with Gasteiger partial charge in [0.05, 0.1) is 17.8 Å². The van der Waals surface area contributed by atoms with E-state index in [1.807, 2.05) is 41.8 Å². The Labute approximate surface area is 180 Å². The molecule has 8 heteroatoms.